The fourth-order valence-electron chi connectivity index (χ4n) is 2.01. The second-order valence-electron chi connectivity index (χ2n) is 4.24. The van der Waals surface area contributed by atoms with E-state index < -0.39 is 0 Å². The van der Waals surface area contributed by atoms with Crippen molar-refractivity contribution >= 4 is 11.8 Å². The average molecular weight is 232 g/mol. The molecule has 1 aromatic carbocycles. The summed E-state index contributed by atoms with van der Waals surface area (Å²) in [7, 11) is 0. The number of nitrogens with zero attached hydrogens (tertiary/aromatic N) is 1. The maximum absolute atomic E-state index is 11.4. The molecule has 90 valence electrons. The molecule has 17 heavy (non-hydrogen) atoms. The number of rotatable bonds is 4. The topological polar surface area (TPSA) is 63.4 Å². The number of amides is 2. The first-order valence-electron chi connectivity index (χ1n) is 5.82. The Morgan fingerprint density at radius 2 is 1.71 bits per heavy atom. The van der Waals surface area contributed by atoms with Crippen molar-refractivity contribution in [3.63, 3.8) is 0 Å². The Labute approximate surface area is 100 Å². The van der Waals surface area contributed by atoms with Crippen molar-refractivity contribution in [1.82, 2.24) is 4.90 Å². The third-order valence-electron chi connectivity index (χ3n) is 3.05. The maximum atomic E-state index is 11.4. The number of imide groups is 1. The highest BCUT2D eigenvalue weighted by molar-refractivity contribution is 6.01. The summed E-state index contributed by atoms with van der Waals surface area (Å²) in [6.45, 7) is 0.424. The van der Waals surface area contributed by atoms with E-state index in [-0.39, 0.29) is 17.9 Å². The number of carbonyl (C=O) groups is 2. The summed E-state index contributed by atoms with van der Waals surface area (Å²) < 4.78 is 0. The normalized spacial score (nSPS) is 17.6. The van der Waals surface area contributed by atoms with Gasteiger partial charge in [0, 0.05) is 25.4 Å². The molecule has 2 N–H and O–H groups in total. The number of hydrogen-bond donors (Lipinski definition) is 1. The first-order chi connectivity index (χ1) is 8.18. The van der Waals surface area contributed by atoms with Gasteiger partial charge < -0.3 is 5.73 Å². The lowest BCUT2D eigenvalue weighted by molar-refractivity contribution is -0.138. The summed E-state index contributed by atoms with van der Waals surface area (Å²) in [6.07, 6.45) is 1.31. The Morgan fingerprint density at radius 1 is 1.12 bits per heavy atom. The summed E-state index contributed by atoms with van der Waals surface area (Å²) >= 11 is 0. The lowest BCUT2D eigenvalue weighted by atomic mass is 10.0. The van der Waals surface area contributed by atoms with E-state index in [1.807, 2.05) is 30.3 Å². The van der Waals surface area contributed by atoms with Crippen molar-refractivity contribution in [3.05, 3.63) is 35.9 Å². The molecule has 4 heteroatoms. The molecule has 2 rings (SSSR count). The zero-order valence-electron chi connectivity index (χ0n) is 9.63. The van der Waals surface area contributed by atoms with Gasteiger partial charge in [-0.15, -0.1) is 0 Å². The van der Waals surface area contributed by atoms with Crippen LogP contribution in [0, 0.1) is 0 Å². The monoisotopic (exact) mass is 232 g/mol. The van der Waals surface area contributed by atoms with Crippen LogP contribution in [0.4, 0.5) is 0 Å². The molecular formula is C13H16N2O2. The van der Waals surface area contributed by atoms with Crippen molar-refractivity contribution in [2.24, 2.45) is 5.73 Å². The van der Waals surface area contributed by atoms with Crippen LogP contribution in [0.1, 0.15) is 30.9 Å². The third-order valence-corrected chi connectivity index (χ3v) is 3.05. The lowest BCUT2D eigenvalue weighted by Gasteiger charge is -2.17. The van der Waals surface area contributed by atoms with E-state index in [1.165, 1.54) is 4.90 Å². The van der Waals surface area contributed by atoms with Crippen molar-refractivity contribution in [3.8, 4) is 0 Å². The lowest BCUT2D eigenvalue weighted by Crippen LogP contribution is -2.31. The predicted octanol–water partition coefficient (Wildman–Crippen LogP) is 1.23. The Balaban J connectivity index is 1.90. The van der Waals surface area contributed by atoms with Crippen LogP contribution in [0.2, 0.25) is 0 Å². The van der Waals surface area contributed by atoms with Gasteiger partial charge in [-0.05, 0) is 12.0 Å². The van der Waals surface area contributed by atoms with Crippen molar-refractivity contribution in [2.45, 2.75) is 25.3 Å². The van der Waals surface area contributed by atoms with Crippen LogP contribution in [-0.4, -0.2) is 23.3 Å². The molecule has 1 aliphatic heterocycles. The van der Waals surface area contributed by atoms with E-state index >= 15 is 0 Å². The van der Waals surface area contributed by atoms with E-state index in [4.69, 9.17) is 5.73 Å². The first-order valence-corrected chi connectivity index (χ1v) is 5.82. The molecule has 0 radical (unpaired) electrons. The second kappa shape index (κ2) is 5.10. The fourth-order valence-corrected chi connectivity index (χ4v) is 2.01. The van der Waals surface area contributed by atoms with E-state index in [2.05, 4.69) is 0 Å². The molecule has 1 unspecified atom stereocenters. The van der Waals surface area contributed by atoms with Crippen LogP contribution < -0.4 is 5.73 Å². The molecule has 0 aliphatic carbocycles. The standard InChI is InChI=1S/C13H16N2O2/c14-11(10-4-2-1-3-5-10)8-9-15-12(16)6-7-13(15)17/h1-5,11H,6-9,14H2. The number of carbonyl (C=O) groups excluding carboxylic acids is 2. The Kier molecular flexibility index (Phi) is 3.54. The van der Waals surface area contributed by atoms with E-state index in [0.29, 0.717) is 25.8 Å². The smallest absolute Gasteiger partial charge is 0.229 e. The fraction of sp³-hybridized carbons (Fsp3) is 0.385. The van der Waals surface area contributed by atoms with E-state index in [9.17, 15) is 9.59 Å². The Morgan fingerprint density at radius 3 is 2.29 bits per heavy atom. The van der Waals surface area contributed by atoms with E-state index in [1.54, 1.807) is 0 Å². The average Bonchev–Trinajstić information content (AvgIpc) is 2.67. The van der Waals surface area contributed by atoms with Crippen LogP contribution in [0.3, 0.4) is 0 Å². The van der Waals surface area contributed by atoms with Crippen LogP contribution in [0.25, 0.3) is 0 Å². The number of nitrogens with two attached hydrogens (primary N) is 1. The minimum Gasteiger partial charge on any atom is -0.324 e. The zero-order valence-corrected chi connectivity index (χ0v) is 9.63. The quantitative estimate of drug-likeness (QED) is 0.794. The van der Waals surface area contributed by atoms with Gasteiger partial charge in [0.25, 0.3) is 0 Å². The molecule has 2 amide bonds. The summed E-state index contributed by atoms with van der Waals surface area (Å²) in [5.41, 5.74) is 7.05. The first kappa shape index (κ1) is 11.8. The van der Waals surface area contributed by atoms with Gasteiger partial charge in [-0.1, -0.05) is 30.3 Å². The summed E-state index contributed by atoms with van der Waals surface area (Å²) in [5.74, 6) is -0.148. The molecule has 0 aromatic heterocycles. The van der Waals surface area contributed by atoms with Gasteiger partial charge in [-0.2, -0.15) is 0 Å². The Bertz CT molecular complexity index is 401. The predicted molar refractivity (Wildman–Crippen MR) is 63.9 cm³/mol. The number of benzene rings is 1. The minimum absolute atomic E-state index is 0.0738. The zero-order chi connectivity index (χ0) is 12.3. The molecule has 0 spiro atoms. The van der Waals surface area contributed by atoms with Crippen molar-refractivity contribution in [2.75, 3.05) is 6.54 Å². The highest BCUT2D eigenvalue weighted by Crippen LogP contribution is 2.17. The summed E-state index contributed by atoms with van der Waals surface area (Å²) in [6, 6.07) is 9.58. The SMILES string of the molecule is NC(CCN1C(=O)CCC1=O)c1ccccc1. The van der Waals surface area contributed by atoms with Gasteiger partial charge in [-0.25, -0.2) is 0 Å². The third kappa shape index (κ3) is 2.71. The van der Waals surface area contributed by atoms with Crippen molar-refractivity contribution < 1.29 is 9.59 Å². The van der Waals surface area contributed by atoms with Gasteiger partial charge >= 0.3 is 0 Å². The van der Waals surface area contributed by atoms with Gasteiger partial charge in [-0.3, -0.25) is 14.5 Å². The molecule has 1 atom stereocenters. The van der Waals surface area contributed by atoms with Crippen LogP contribution in [0.5, 0.6) is 0 Å². The van der Waals surface area contributed by atoms with Crippen LogP contribution in [-0.2, 0) is 9.59 Å². The maximum Gasteiger partial charge on any atom is 0.229 e. The van der Waals surface area contributed by atoms with Gasteiger partial charge in [0.05, 0.1) is 0 Å². The molecule has 0 bridgehead atoms. The molecule has 1 fully saturated rings. The van der Waals surface area contributed by atoms with Crippen LogP contribution in [0.15, 0.2) is 30.3 Å². The summed E-state index contributed by atoms with van der Waals surface area (Å²) in [5, 5.41) is 0. The van der Waals surface area contributed by atoms with Gasteiger partial charge in [0.15, 0.2) is 0 Å². The van der Waals surface area contributed by atoms with E-state index in [0.717, 1.165) is 5.56 Å². The van der Waals surface area contributed by atoms with Gasteiger partial charge in [0.1, 0.15) is 0 Å². The molecule has 0 saturated carbocycles. The number of likely N-dealkylation sites (tertiary alicyclic amines) is 1. The van der Waals surface area contributed by atoms with Gasteiger partial charge in [0.2, 0.25) is 11.8 Å². The Hall–Kier alpha value is -1.68. The van der Waals surface area contributed by atoms with Crippen molar-refractivity contribution in [1.29, 1.82) is 0 Å². The molecule has 1 aliphatic rings. The number of hydrogen-bond acceptors (Lipinski definition) is 3. The molecule has 1 saturated heterocycles. The molecule has 4 nitrogen and oxygen atoms in total. The van der Waals surface area contributed by atoms with Crippen LogP contribution >= 0.6 is 0 Å². The highest BCUT2D eigenvalue weighted by atomic mass is 16.2. The summed E-state index contributed by atoms with van der Waals surface area (Å²) in [4.78, 5) is 24.1. The highest BCUT2D eigenvalue weighted by Gasteiger charge is 2.28. The second-order valence-corrected chi connectivity index (χ2v) is 4.24. The largest absolute Gasteiger partial charge is 0.324 e. The molecule has 1 aromatic rings. The minimum atomic E-state index is -0.127. The molecule has 1 heterocycles. The molecular weight excluding hydrogens is 216 g/mol.